The van der Waals surface area contributed by atoms with Gasteiger partial charge in [-0.1, -0.05) is 23.8 Å². The number of aromatic amines is 1. The van der Waals surface area contributed by atoms with Crippen molar-refractivity contribution in [2.24, 2.45) is 0 Å². The molecule has 36 heavy (non-hydrogen) atoms. The van der Waals surface area contributed by atoms with Crippen molar-refractivity contribution in [1.82, 2.24) is 40.5 Å². The molecule has 3 N–H and O–H groups in total. The van der Waals surface area contributed by atoms with Gasteiger partial charge in [0.25, 0.3) is 5.91 Å². The molecule has 0 saturated carbocycles. The van der Waals surface area contributed by atoms with Crippen LogP contribution >= 0.6 is 0 Å². The summed E-state index contributed by atoms with van der Waals surface area (Å²) in [6.45, 7) is 8.01. The monoisotopic (exact) mass is 485 g/mol. The lowest BCUT2D eigenvalue weighted by Gasteiger charge is -2.20. The van der Waals surface area contributed by atoms with E-state index in [4.69, 9.17) is 4.98 Å². The van der Waals surface area contributed by atoms with Crippen molar-refractivity contribution in [2.45, 2.75) is 65.0 Å². The minimum atomic E-state index is -0.232. The summed E-state index contributed by atoms with van der Waals surface area (Å²) in [5.41, 5.74) is 6.09. The lowest BCUT2D eigenvalue weighted by Crippen LogP contribution is -2.29. The van der Waals surface area contributed by atoms with Crippen LogP contribution in [0.3, 0.4) is 0 Å². The maximum atomic E-state index is 13.0. The summed E-state index contributed by atoms with van der Waals surface area (Å²) in [4.78, 5) is 22.1. The molecule has 1 amide bonds. The summed E-state index contributed by atoms with van der Waals surface area (Å²) in [5.74, 6) is 0.314. The highest BCUT2D eigenvalue weighted by molar-refractivity contribution is 5.92. The van der Waals surface area contributed by atoms with Crippen LogP contribution < -0.4 is 10.6 Å². The van der Waals surface area contributed by atoms with Gasteiger partial charge in [0.2, 0.25) is 5.95 Å². The molecule has 1 aliphatic carbocycles. The number of amides is 1. The van der Waals surface area contributed by atoms with Crippen LogP contribution in [0.25, 0.3) is 11.3 Å². The first kappa shape index (κ1) is 23.7. The topological polar surface area (TPSA) is 126 Å². The van der Waals surface area contributed by atoms with Crippen molar-refractivity contribution in [1.29, 1.82) is 0 Å². The molecule has 10 heteroatoms. The number of H-pyrrole nitrogens is 1. The van der Waals surface area contributed by atoms with Crippen LogP contribution in [-0.2, 0) is 12.0 Å². The van der Waals surface area contributed by atoms with Crippen LogP contribution in [0.4, 0.5) is 11.6 Å². The summed E-state index contributed by atoms with van der Waals surface area (Å²) in [7, 11) is 0. The van der Waals surface area contributed by atoms with Crippen molar-refractivity contribution in [3.05, 3.63) is 65.4 Å². The largest absolute Gasteiger partial charge is 0.344 e. The van der Waals surface area contributed by atoms with Gasteiger partial charge in [-0.25, -0.2) is 14.6 Å². The van der Waals surface area contributed by atoms with Gasteiger partial charge >= 0.3 is 0 Å². The van der Waals surface area contributed by atoms with E-state index in [0.717, 1.165) is 53.9 Å². The quantitative estimate of drug-likeness (QED) is 0.356. The summed E-state index contributed by atoms with van der Waals surface area (Å²) in [6, 6.07) is 8.20. The smallest absolute Gasteiger partial charge is 0.273 e. The predicted molar refractivity (Wildman–Crippen MR) is 137 cm³/mol. The van der Waals surface area contributed by atoms with Gasteiger partial charge in [-0.15, -0.1) is 5.10 Å². The average Bonchev–Trinajstić information content (AvgIpc) is 3.46. The Hall–Kier alpha value is -4.08. The van der Waals surface area contributed by atoms with Crippen LogP contribution in [0, 0.1) is 6.92 Å². The Morgan fingerprint density at radius 2 is 2.06 bits per heavy atom. The number of aromatic nitrogens is 7. The van der Waals surface area contributed by atoms with E-state index in [-0.39, 0.29) is 17.5 Å². The average molecular weight is 486 g/mol. The van der Waals surface area contributed by atoms with Gasteiger partial charge in [0.15, 0.2) is 5.69 Å². The normalized spacial score (nSPS) is 15.7. The molecular formula is C26H31N9O. The molecule has 4 aromatic rings. The predicted octanol–water partition coefficient (Wildman–Crippen LogP) is 4.46. The van der Waals surface area contributed by atoms with Crippen molar-refractivity contribution in [2.75, 3.05) is 5.32 Å². The number of hydrogen-bond acceptors (Lipinski definition) is 7. The third-order valence-electron chi connectivity index (χ3n) is 6.45. The highest BCUT2D eigenvalue weighted by Crippen LogP contribution is 2.32. The van der Waals surface area contributed by atoms with Gasteiger partial charge in [0, 0.05) is 11.8 Å². The van der Waals surface area contributed by atoms with E-state index in [2.05, 4.69) is 54.3 Å². The SMILES string of the molecule is Cc1[nH]ncc1Nc1nccc(-c2ccc3c(c2)CCCC[C@@H]3NC(=O)c2cn(C(C)(C)C)nn2)n1. The number of anilines is 2. The summed E-state index contributed by atoms with van der Waals surface area (Å²) in [6.07, 6.45) is 9.12. The molecule has 0 aliphatic heterocycles. The molecule has 0 spiro atoms. The van der Waals surface area contributed by atoms with Crippen LogP contribution in [0.2, 0.25) is 0 Å². The third kappa shape index (κ3) is 4.98. The van der Waals surface area contributed by atoms with Crippen molar-refractivity contribution in [3.63, 3.8) is 0 Å². The second-order valence-corrected chi connectivity index (χ2v) is 10.2. The van der Waals surface area contributed by atoms with Gasteiger partial charge in [-0.05, 0) is 70.2 Å². The fourth-order valence-electron chi connectivity index (χ4n) is 4.40. The molecule has 5 rings (SSSR count). The molecule has 1 aromatic carbocycles. The molecule has 1 atom stereocenters. The number of rotatable bonds is 5. The minimum absolute atomic E-state index is 0.0736. The molecule has 0 saturated heterocycles. The molecule has 1 aliphatic rings. The van der Waals surface area contributed by atoms with Crippen LogP contribution in [0.1, 0.15) is 73.4 Å². The highest BCUT2D eigenvalue weighted by atomic mass is 16.2. The number of nitrogens with zero attached hydrogens (tertiary/aromatic N) is 6. The van der Waals surface area contributed by atoms with Gasteiger partial charge in [-0.3, -0.25) is 9.89 Å². The zero-order valence-electron chi connectivity index (χ0n) is 21.0. The van der Waals surface area contributed by atoms with Crippen molar-refractivity contribution >= 4 is 17.5 Å². The van der Waals surface area contributed by atoms with E-state index in [1.807, 2.05) is 33.8 Å². The van der Waals surface area contributed by atoms with E-state index >= 15 is 0 Å². The maximum Gasteiger partial charge on any atom is 0.273 e. The molecule has 186 valence electrons. The number of carbonyl (C=O) groups excluding carboxylic acids is 1. The number of aryl methyl sites for hydroxylation is 2. The maximum absolute atomic E-state index is 13.0. The first-order valence-electron chi connectivity index (χ1n) is 12.2. The van der Waals surface area contributed by atoms with Crippen LogP contribution in [0.15, 0.2) is 42.9 Å². The second-order valence-electron chi connectivity index (χ2n) is 10.2. The Morgan fingerprint density at radius 3 is 2.81 bits per heavy atom. The molecule has 0 radical (unpaired) electrons. The van der Waals surface area contributed by atoms with Gasteiger partial charge in [0.05, 0.1) is 41.0 Å². The molecule has 3 heterocycles. The third-order valence-corrected chi connectivity index (χ3v) is 6.45. The lowest BCUT2D eigenvalue weighted by molar-refractivity contribution is 0.0929. The Bertz CT molecular complexity index is 1380. The second kappa shape index (κ2) is 9.52. The highest BCUT2D eigenvalue weighted by Gasteiger charge is 2.24. The molecular weight excluding hydrogens is 454 g/mol. The summed E-state index contributed by atoms with van der Waals surface area (Å²) >= 11 is 0. The zero-order chi connectivity index (χ0) is 25.3. The van der Waals surface area contributed by atoms with Crippen molar-refractivity contribution in [3.8, 4) is 11.3 Å². The Morgan fingerprint density at radius 1 is 1.19 bits per heavy atom. The number of nitrogens with one attached hydrogen (secondary N) is 3. The van der Waals surface area contributed by atoms with Gasteiger partial charge in [0.1, 0.15) is 0 Å². The summed E-state index contributed by atoms with van der Waals surface area (Å²) < 4.78 is 1.72. The van der Waals surface area contributed by atoms with Crippen molar-refractivity contribution < 1.29 is 4.79 Å². The molecule has 3 aromatic heterocycles. The Kier molecular flexibility index (Phi) is 6.26. The van der Waals surface area contributed by atoms with E-state index in [1.54, 1.807) is 23.3 Å². The number of carbonyl (C=O) groups is 1. The van der Waals surface area contributed by atoms with Gasteiger partial charge in [-0.2, -0.15) is 5.10 Å². The first-order valence-corrected chi connectivity index (χ1v) is 12.2. The van der Waals surface area contributed by atoms with Gasteiger partial charge < -0.3 is 10.6 Å². The number of benzene rings is 1. The molecule has 10 nitrogen and oxygen atoms in total. The minimum Gasteiger partial charge on any atom is -0.344 e. The standard InChI is InChI=1S/C26H31N9O/c1-16-22(14-28-32-16)31-25-27-12-11-20(30-25)18-9-10-19-17(13-18)7-5-6-8-21(19)29-24(36)23-15-35(34-33-23)26(2,3)4/h9-15,21H,5-8H2,1-4H3,(H,28,32)(H,29,36)(H,27,30,31)/t21-/m0/s1. The molecule has 0 bridgehead atoms. The zero-order valence-corrected chi connectivity index (χ0v) is 21.0. The van der Waals surface area contributed by atoms with Crippen LogP contribution in [-0.4, -0.2) is 41.1 Å². The van der Waals surface area contributed by atoms with E-state index in [1.165, 1.54) is 5.56 Å². The number of hydrogen-bond donors (Lipinski definition) is 3. The van der Waals surface area contributed by atoms with E-state index in [9.17, 15) is 4.79 Å². The van der Waals surface area contributed by atoms with Crippen LogP contribution in [0.5, 0.6) is 0 Å². The van der Waals surface area contributed by atoms with E-state index < -0.39 is 0 Å². The van der Waals surface area contributed by atoms with E-state index in [0.29, 0.717) is 11.6 Å². The lowest BCUT2D eigenvalue weighted by atomic mass is 9.95. The Labute approximate surface area is 210 Å². The fraction of sp³-hybridized carbons (Fsp3) is 0.385. The Balaban J connectivity index is 1.37. The molecule has 0 fully saturated rings. The fourth-order valence-corrected chi connectivity index (χ4v) is 4.40. The molecule has 0 unspecified atom stereocenters. The summed E-state index contributed by atoms with van der Waals surface area (Å²) in [5, 5.41) is 21.6. The number of fused-ring (bicyclic) bond motifs is 1. The first-order chi connectivity index (χ1) is 17.3.